The van der Waals surface area contributed by atoms with Gasteiger partial charge in [-0.25, -0.2) is 0 Å². The predicted octanol–water partition coefficient (Wildman–Crippen LogP) is 5.15. The van der Waals surface area contributed by atoms with Crippen LogP contribution in [0.25, 0.3) is 22.2 Å². The first kappa shape index (κ1) is 16.6. The third-order valence-electron chi connectivity index (χ3n) is 4.75. The fourth-order valence-corrected chi connectivity index (χ4v) is 3.61. The van der Waals surface area contributed by atoms with E-state index in [0.717, 1.165) is 33.4 Å². The van der Waals surface area contributed by atoms with E-state index in [0.29, 0.717) is 16.3 Å². The van der Waals surface area contributed by atoms with Gasteiger partial charge in [-0.1, -0.05) is 48.0 Å². The molecule has 136 valence electrons. The van der Waals surface area contributed by atoms with Gasteiger partial charge in [-0.05, 0) is 35.9 Å². The number of anilines is 2. The number of hydrogen-bond acceptors (Lipinski definition) is 3. The monoisotopic (exact) mass is 386 g/mol. The molecule has 0 fully saturated rings. The second-order valence-electron chi connectivity index (χ2n) is 6.56. The van der Waals surface area contributed by atoms with Gasteiger partial charge in [0.2, 0.25) is 0 Å². The Hall–Kier alpha value is -3.57. The topological polar surface area (TPSA) is 69.8 Å². The molecule has 0 saturated heterocycles. The van der Waals surface area contributed by atoms with Crippen LogP contribution in [0.15, 0.2) is 72.9 Å². The first-order valence-electron chi connectivity index (χ1n) is 8.80. The molecule has 0 atom stereocenters. The van der Waals surface area contributed by atoms with Crippen molar-refractivity contribution in [2.24, 2.45) is 0 Å². The molecule has 28 heavy (non-hydrogen) atoms. The van der Waals surface area contributed by atoms with Crippen LogP contribution in [0.4, 0.5) is 11.4 Å². The average molecular weight is 387 g/mol. The van der Waals surface area contributed by atoms with E-state index < -0.39 is 0 Å². The molecule has 1 aliphatic heterocycles. The summed E-state index contributed by atoms with van der Waals surface area (Å²) in [6.07, 6.45) is 1.78. The molecule has 0 saturated carbocycles. The molecule has 3 N–H and O–H groups in total. The Morgan fingerprint density at radius 3 is 2.71 bits per heavy atom. The number of hydrogen-bond donors (Lipinski definition) is 3. The fourth-order valence-electron chi connectivity index (χ4n) is 3.44. The van der Waals surface area contributed by atoms with Crippen molar-refractivity contribution in [3.05, 3.63) is 89.1 Å². The number of aromatic amines is 1. The van der Waals surface area contributed by atoms with Gasteiger partial charge in [-0.2, -0.15) is 5.10 Å². The second-order valence-corrected chi connectivity index (χ2v) is 6.99. The standard InChI is InChI=1S/C22H15ClN4O/c23-15-7-9-17-19(10-15)26-22(28)20(17)21(13-4-2-1-3-5-13)25-16-8-6-14-12-24-27-18(14)11-16/h1-12,25H,(H,24,27)(H,26,28). The minimum absolute atomic E-state index is 0.161. The van der Waals surface area contributed by atoms with Crippen molar-refractivity contribution in [1.82, 2.24) is 10.2 Å². The molecule has 2 heterocycles. The number of nitrogens with one attached hydrogen (secondary N) is 3. The lowest BCUT2D eigenvalue weighted by molar-refractivity contribution is -0.110. The smallest absolute Gasteiger partial charge is 0.258 e. The fraction of sp³-hybridized carbons (Fsp3) is 0. The molecule has 1 aromatic heterocycles. The van der Waals surface area contributed by atoms with Gasteiger partial charge in [0.25, 0.3) is 5.91 Å². The number of amides is 1. The minimum atomic E-state index is -0.161. The van der Waals surface area contributed by atoms with Crippen molar-refractivity contribution in [3.63, 3.8) is 0 Å². The van der Waals surface area contributed by atoms with E-state index in [1.54, 1.807) is 18.3 Å². The number of nitrogens with zero attached hydrogens (tertiary/aromatic N) is 1. The Morgan fingerprint density at radius 2 is 1.86 bits per heavy atom. The zero-order chi connectivity index (χ0) is 19.1. The molecule has 6 heteroatoms. The lowest BCUT2D eigenvalue weighted by Gasteiger charge is -2.15. The first-order chi connectivity index (χ1) is 13.7. The van der Waals surface area contributed by atoms with Gasteiger partial charge in [-0.15, -0.1) is 0 Å². The molecule has 0 unspecified atom stereocenters. The van der Waals surface area contributed by atoms with Gasteiger partial charge in [0, 0.05) is 21.7 Å². The number of carbonyl (C=O) groups excluding carboxylic acids is 1. The lowest BCUT2D eigenvalue weighted by atomic mass is 10.00. The SMILES string of the molecule is O=C1Nc2cc(Cl)ccc2C1=C(Nc1ccc2cn[nH]c2c1)c1ccccc1. The third-order valence-corrected chi connectivity index (χ3v) is 4.99. The molecular weight excluding hydrogens is 372 g/mol. The first-order valence-corrected chi connectivity index (χ1v) is 9.18. The lowest BCUT2D eigenvalue weighted by Crippen LogP contribution is -2.10. The Bertz CT molecular complexity index is 1240. The van der Waals surface area contributed by atoms with Crippen LogP contribution in [0.2, 0.25) is 5.02 Å². The largest absolute Gasteiger partial charge is 0.354 e. The highest BCUT2D eigenvalue weighted by atomic mass is 35.5. The van der Waals surface area contributed by atoms with Crippen LogP contribution in [-0.2, 0) is 4.79 Å². The number of benzene rings is 3. The van der Waals surface area contributed by atoms with E-state index >= 15 is 0 Å². The molecule has 0 aliphatic carbocycles. The summed E-state index contributed by atoms with van der Waals surface area (Å²) in [6, 6.07) is 21.2. The summed E-state index contributed by atoms with van der Waals surface area (Å²) < 4.78 is 0. The second kappa shape index (κ2) is 6.55. The maximum absolute atomic E-state index is 12.9. The van der Waals surface area contributed by atoms with Gasteiger partial charge in [-0.3, -0.25) is 9.89 Å². The molecule has 1 amide bonds. The average Bonchev–Trinajstić information content (AvgIpc) is 3.29. The summed E-state index contributed by atoms with van der Waals surface area (Å²) in [4.78, 5) is 12.9. The number of halogens is 1. The molecule has 0 spiro atoms. The molecular formula is C22H15ClN4O. The van der Waals surface area contributed by atoms with Gasteiger partial charge in [0.05, 0.1) is 28.7 Å². The van der Waals surface area contributed by atoms with E-state index in [2.05, 4.69) is 20.8 Å². The molecule has 1 aliphatic rings. The van der Waals surface area contributed by atoms with E-state index in [-0.39, 0.29) is 5.91 Å². The molecule has 4 aromatic rings. The van der Waals surface area contributed by atoms with Crippen LogP contribution < -0.4 is 10.6 Å². The zero-order valence-electron chi connectivity index (χ0n) is 14.7. The zero-order valence-corrected chi connectivity index (χ0v) is 15.4. The van der Waals surface area contributed by atoms with Crippen LogP contribution in [0.3, 0.4) is 0 Å². The number of rotatable bonds is 3. The highest BCUT2D eigenvalue weighted by molar-refractivity contribution is 6.38. The quantitative estimate of drug-likeness (QED) is 0.426. The number of aromatic nitrogens is 2. The van der Waals surface area contributed by atoms with Crippen LogP contribution in [0, 0.1) is 0 Å². The van der Waals surface area contributed by atoms with Crippen molar-refractivity contribution in [2.75, 3.05) is 10.6 Å². The molecule has 3 aromatic carbocycles. The summed E-state index contributed by atoms with van der Waals surface area (Å²) in [5.74, 6) is -0.161. The normalized spacial score (nSPS) is 14.7. The minimum Gasteiger partial charge on any atom is -0.354 e. The van der Waals surface area contributed by atoms with Crippen molar-refractivity contribution in [3.8, 4) is 0 Å². The van der Waals surface area contributed by atoms with E-state index in [9.17, 15) is 4.79 Å². The summed E-state index contributed by atoms with van der Waals surface area (Å²) in [5.41, 5.74) is 5.56. The van der Waals surface area contributed by atoms with Gasteiger partial charge in [0.1, 0.15) is 0 Å². The van der Waals surface area contributed by atoms with Crippen LogP contribution in [-0.4, -0.2) is 16.1 Å². The van der Waals surface area contributed by atoms with Crippen LogP contribution in [0.5, 0.6) is 0 Å². The van der Waals surface area contributed by atoms with Crippen LogP contribution >= 0.6 is 11.6 Å². The highest BCUT2D eigenvalue weighted by Gasteiger charge is 2.28. The van der Waals surface area contributed by atoms with Crippen molar-refractivity contribution in [1.29, 1.82) is 0 Å². The molecule has 0 radical (unpaired) electrons. The van der Waals surface area contributed by atoms with Crippen LogP contribution in [0.1, 0.15) is 11.1 Å². The summed E-state index contributed by atoms with van der Waals surface area (Å²) in [7, 11) is 0. The molecule has 5 rings (SSSR count). The van der Waals surface area contributed by atoms with Gasteiger partial charge < -0.3 is 10.6 Å². The summed E-state index contributed by atoms with van der Waals surface area (Å²) >= 11 is 6.10. The number of H-pyrrole nitrogens is 1. The number of fused-ring (bicyclic) bond motifs is 2. The maximum Gasteiger partial charge on any atom is 0.258 e. The van der Waals surface area contributed by atoms with Crippen molar-refractivity contribution < 1.29 is 4.79 Å². The van der Waals surface area contributed by atoms with Crippen molar-refractivity contribution in [2.45, 2.75) is 0 Å². The highest BCUT2D eigenvalue weighted by Crippen LogP contribution is 2.38. The third kappa shape index (κ3) is 2.82. The Kier molecular flexibility index (Phi) is 3.88. The Balaban J connectivity index is 1.69. The van der Waals surface area contributed by atoms with E-state index in [1.807, 2.05) is 54.6 Å². The van der Waals surface area contributed by atoms with Crippen molar-refractivity contribution >= 4 is 51.1 Å². The molecule has 5 nitrogen and oxygen atoms in total. The predicted molar refractivity (Wildman–Crippen MR) is 113 cm³/mol. The van der Waals surface area contributed by atoms with Gasteiger partial charge in [0.15, 0.2) is 0 Å². The molecule has 0 bridgehead atoms. The Morgan fingerprint density at radius 1 is 1.00 bits per heavy atom. The summed E-state index contributed by atoms with van der Waals surface area (Å²) in [5, 5.41) is 15.0. The maximum atomic E-state index is 12.9. The number of carbonyl (C=O) groups is 1. The van der Waals surface area contributed by atoms with E-state index in [1.165, 1.54) is 0 Å². The van der Waals surface area contributed by atoms with Gasteiger partial charge >= 0.3 is 0 Å². The van der Waals surface area contributed by atoms with E-state index in [4.69, 9.17) is 11.6 Å². The Labute approximate surface area is 166 Å². The summed E-state index contributed by atoms with van der Waals surface area (Å²) in [6.45, 7) is 0.